The first-order valence-corrected chi connectivity index (χ1v) is 7.61. The SMILES string of the molecule is Cc1cc(S(=O)(=O)Nc2cc(C(F)(F)F)ccc2F)cnc1N. The summed E-state index contributed by atoms with van der Waals surface area (Å²) in [7, 11) is -4.31. The molecule has 0 bridgehead atoms. The Hall–Kier alpha value is -2.36. The smallest absolute Gasteiger partial charge is 0.383 e. The number of halogens is 4. The molecule has 23 heavy (non-hydrogen) atoms. The van der Waals surface area contributed by atoms with Gasteiger partial charge in [-0.1, -0.05) is 0 Å². The molecule has 0 atom stereocenters. The zero-order valence-corrected chi connectivity index (χ0v) is 12.5. The molecule has 1 heterocycles. The first-order valence-electron chi connectivity index (χ1n) is 6.12. The van der Waals surface area contributed by atoms with Gasteiger partial charge >= 0.3 is 6.18 Å². The molecule has 0 aliphatic heterocycles. The summed E-state index contributed by atoms with van der Waals surface area (Å²) in [6, 6.07) is 2.61. The van der Waals surface area contributed by atoms with Crippen LogP contribution in [0.2, 0.25) is 0 Å². The number of sulfonamides is 1. The molecule has 0 radical (unpaired) electrons. The second-order valence-corrected chi connectivity index (χ2v) is 6.35. The Bertz CT molecular complexity index is 851. The number of hydrogen-bond acceptors (Lipinski definition) is 4. The van der Waals surface area contributed by atoms with Crippen LogP contribution in [0.5, 0.6) is 0 Å². The Kier molecular flexibility index (Phi) is 4.20. The summed E-state index contributed by atoms with van der Waals surface area (Å²) in [6.07, 6.45) is -3.80. The Balaban J connectivity index is 2.42. The minimum atomic E-state index is -4.73. The standard InChI is InChI=1S/C13H11F4N3O2S/c1-7-4-9(6-19-12(7)18)23(21,22)20-11-5-8(13(15,16)17)2-3-10(11)14/h2-6,20H,1H3,(H2,18,19). The van der Waals surface area contributed by atoms with Gasteiger partial charge in [0, 0.05) is 6.20 Å². The van der Waals surface area contributed by atoms with E-state index < -0.39 is 33.3 Å². The number of pyridine rings is 1. The first kappa shape index (κ1) is 17.0. The van der Waals surface area contributed by atoms with E-state index >= 15 is 0 Å². The molecule has 2 rings (SSSR count). The van der Waals surface area contributed by atoms with E-state index in [1.165, 1.54) is 13.0 Å². The number of aryl methyl sites for hydroxylation is 1. The van der Waals surface area contributed by atoms with Crippen molar-refractivity contribution in [2.75, 3.05) is 10.5 Å². The Morgan fingerprint density at radius 3 is 2.43 bits per heavy atom. The van der Waals surface area contributed by atoms with Crippen LogP contribution in [0.3, 0.4) is 0 Å². The molecule has 0 amide bonds. The summed E-state index contributed by atoms with van der Waals surface area (Å²) in [5.74, 6) is -1.03. The van der Waals surface area contributed by atoms with Gasteiger partial charge in [0.05, 0.1) is 11.3 Å². The predicted octanol–water partition coefficient (Wildman–Crippen LogP) is 2.93. The highest BCUT2D eigenvalue weighted by Crippen LogP contribution is 2.32. The Morgan fingerprint density at radius 2 is 1.87 bits per heavy atom. The summed E-state index contributed by atoms with van der Waals surface area (Å²) < 4.78 is 77.6. The molecule has 5 nitrogen and oxygen atoms in total. The molecule has 10 heteroatoms. The van der Waals surface area contributed by atoms with E-state index in [0.29, 0.717) is 23.8 Å². The Labute approximate surface area is 129 Å². The van der Waals surface area contributed by atoms with Gasteiger partial charge in [0.15, 0.2) is 0 Å². The van der Waals surface area contributed by atoms with Crippen molar-refractivity contribution in [1.82, 2.24) is 4.98 Å². The highest BCUT2D eigenvalue weighted by atomic mass is 32.2. The monoisotopic (exact) mass is 349 g/mol. The molecule has 0 fully saturated rings. The van der Waals surface area contributed by atoms with Gasteiger partial charge in [0.1, 0.15) is 16.5 Å². The van der Waals surface area contributed by atoms with Crippen molar-refractivity contribution in [3.63, 3.8) is 0 Å². The van der Waals surface area contributed by atoms with Crippen LogP contribution in [0, 0.1) is 12.7 Å². The van der Waals surface area contributed by atoms with Crippen LogP contribution >= 0.6 is 0 Å². The molecule has 1 aromatic carbocycles. The van der Waals surface area contributed by atoms with Crippen molar-refractivity contribution in [2.45, 2.75) is 18.0 Å². The molecule has 0 saturated carbocycles. The molecule has 0 spiro atoms. The van der Waals surface area contributed by atoms with Gasteiger partial charge in [-0.25, -0.2) is 17.8 Å². The van der Waals surface area contributed by atoms with E-state index in [1.54, 1.807) is 4.72 Å². The van der Waals surface area contributed by atoms with E-state index in [2.05, 4.69) is 4.98 Å². The molecule has 1 aromatic heterocycles. The van der Waals surface area contributed by atoms with Crippen LogP contribution in [-0.2, 0) is 16.2 Å². The fraction of sp³-hybridized carbons (Fsp3) is 0.154. The molecule has 0 unspecified atom stereocenters. The molecular formula is C13H11F4N3O2S. The summed E-state index contributed by atoms with van der Waals surface area (Å²) >= 11 is 0. The molecular weight excluding hydrogens is 338 g/mol. The van der Waals surface area contributed by atoms with Crippen LogP contribution in [0.15, 0.2) is 35.4 Å². The van der Waals surface area contributed by atoms with Crippen molar-refractivity contribution in [3.8, 4) is 0 Å². The number of aromatic nitrogens is 1. The summed E-state index contributed by atoms with van der Waals surface area (Å²) in [5.41, 5.74) is 3.84. The molecule has 3 N–H and O–H groups in total. The topological polar surface area (TPSA) is 85.1 Å². The highest BCUT2D eigenvalue weighted by Gasteiger charge is 2.31. The van der Waals surface area contributed by atoms with E-state index in [1.807, 2.05) is 0 Å². The third-order valence-corrected chi connectivity index (χ3v) is 4.27. The zero-order valence-electron chi connectivity index (χ0n) is 11.6. The van der Waals surface area contributed by atoms with Gasteiger partial charge in [-0.3, -0.25) is 4.72 Å². The van der Waals surface area contributed by atoms with Crippen LogP contribution in [0.25, 0.3) is 0 Å². The number of nitrogens with two attached hydrogens (primary N) is 1. The summed E-state index contributed by atoms with van der Waals surface area (Å²) in [6.45, 7) is 1.51. The maximum atomic E-state index is 13.6. The molecule has 0 saturated heterocycles. The van der Waals surface area contributed by atoms with E-state index in [-0.39, 0.29) is 10.7 Å². The molecule has 124 valence electrons. The lowest BCUT2D eigenvalue weighted by molar-refractivity contribution is -0.137. The van der Waals surface area contributed by atoms with Crippen molar-refractivity contribution >= 4 is 21.5 Å². The van der Waals surface area contributed by atoms with E-state index in [0.717, 1.165) is 6.20 Å². The number of hydrogen-bond donors (Lipinski definition) is 2. The minimum Gasteiger partial charge on any atom is -0.383 e. The minimum absolute atomic E-state index is 0.106. The fourth-order valence-corrected chi connectivity index (χ4v) is 2.78. The van der Waals surface area contributed by atoms with Crippen LogP contribution in [0.4, 0.5) is 29.1 Å². The summed E-state index contributed by atoms with van der Waals surface area (Å²) in [4.78, 5) is 3.30. The average molecular weight is 349 g/mol. The number of nitrogens with zero attached hydrogens (tertiary/aromatic N) is 1. The first-order chi connectivity index (χ1) is 10.5. The zero-order chi connectivity index (χ0) is 17.4. The number of benzene rings is 1. The fourth-order valence-electron chi connectivity index (χ4n) is 1.69. The van der Waals surface area contributed by atoms with Gasteiger partial charge in [-0.2, -0.15) is 13.2 Å². The lowest BCUT2D eigenvalue weighted by Crippen LogP contribution is -2.16. The van der Waals surface area contributed by atoms with E-state index in [4.69, 9.17) is 5.73 Å². The second kappa shape index (κ2) is 5.69. The van der Waals surface area contributed by atoms with Gasteiger partial charge in [0.25, 0.3) is 10.0 Å². The lowest BCUT2D eigenvalue weighted by atomic mass is 10.2. The highest BCUT2D eigenvalue weighted by molar-refractivity contribution is 7.92. The Morgan fingerprint density at radius 1 is 1.22 bits per heavy atom. The van der Waals surface area contributed by atoms with Gasteiger partial charge in [-0.05, 0) is 36.8 Å². The number of alkyl halides is 3. The molecule has 0 aliphatic carbocycles. The number of nitrogens with one attached hydrogen (secondary N) is 1. The van der Waals surface area contributed by atoms with Gasteiger partial charge in [0.2, 0.25) is 0 Å². The van der Waals surface area contributed by atoms with Gasteiger partial charge in [-0.15, -0.1) is 0 Å². The largest absolute Gasteiger partial charge is 0.416 e. The van der Waals surface area contributed by atoms with Crippen LogP contribution < -0.4 is 10.5 Å². The maximum absolute atomic E-state index is 13.6. The van der Waals surface area contributed by atoms with E-state index in [9.17, 15) is 26.0 Å². The number of nitrogen functional groups attached to an aromatic ring is 1. The predicted molar refractivity (Wildman–Crippen MR) is 75.6 cm³/mol. The van der Waals surface area contributed by atoms with Crippen molar-refractivity contribution in [3.05, 3.63) is 47.4 Å². The quantitative estimate of drug-likeness (QED) is 0.835. The third kappa shape index (κ3) is 3.70. The molecule has 0 aliphatic rings. The van der Waals surface area contributed by atoms with Gasteiger partial charge < -0.3 is 5.73 Å². The van der Waals surface area contributed by atoms with Crippen LogP contribution in [0.1, 0.15) is 11.1 Å². The third-order valence-electron chi connectivity index (χ3n) is 2.94. The number of anilines is 2. The average Bonchev–Trinajstić information content (AvgIpc) is 2.42. The number of rotatable bonds is 3. The normalized spacial score (nSPS) is 12.2. The maximum Gasteiger partial charge on any atom is 0.416 e. The second-order valence-electron chi connectivity index (χ2n) is 4.67. The van der Waals surface area contributed by atoms with Crippen molar-refractivity contribution < 1.29 is 26.0 Å². The summed E-state index contributed by atoms with van der Waals surface area (Å²) in [5, 5.41) is 0. The van der Waals surface area contributed by atoms with Crippen LogP contribution in [-0.4, -0.2) is 13.4 Å². The van der Waals surface area contributed by atoms with Crippen molar-refractivity contribution in [2.24, 2.45) is 0 Å². The lowest BCUT2D eigenvalue weighted by Gasteiger charge is -2.12. The van der Waals surface area contributed by atoms with Crippen molar-refractivity contribution in [1.29, 1.82) is 0 Å². The molecule has 2 aromatic rings.